The smallest absolute Gasteiger partial charge is 0.226 e. The number of amides is 1. The third-order valence-corrected chi connectivity index (χ3v) is 2.02. The molecule has 0 heterocycles. The lowest BCUT2D eigenvalue weighted by Gasteiger charge is -2.12. The van der Waals surface area contributed by atoms with Gasteiger partial charge >= 0.3 is 0 Å². The maximum absolute atomic E-state index is 13.0. The molecular formula is C12H18ClFN2O2. The lowest BCUT2D eigenvalue weighted by molar-refractivity contribution is -0.116. The third-order valence-electron chi connectivity index (χ3n) is 2.02. The largest absolute Gasteiger partial charge is 0.492 e. The Balaban J connectivity index is 0.00000289. The second-order valence-electron chi connectivity index (χ2n) is 3.80. The van der Waals surface area contributed by atoms with Gasteiger partial charge in [0.25, 0.3) is 0 Å². The standard InChI is InChI=1S/C12H17FN2O2.ClH/c1-3-17-11-7-9(13)4-5-10(11)15-12(16)6-8(2)14;/h4-5,7-8H,3,6,14H2,1-2H3,(H,15,16);1H. The number of halogens is 2. The average Bonchev–Trinajstić information content (AvgIpc) is 2.21. The molecule has 102 valence electrons. The van der Waals surface area contributed by atoms with Crippen LogP contribution in [0.15, 0.2) is 18.2 Å². The zero-order valence-electron chi connectivity index (χ0n) is 10.4. The number of hydrogen-bond donors (Lipinski definition) is 2. The number of ether oxygens (including phenoxy) is 1. The number of carbonyl (C=O) groups is 1. The first kappa shape index (κ1) is 16.7. The molecule has 0 aliphatic heterocycles. The minimum Gasteiger partial charge on any atom is -0.492 e. The van der Waals surface area contributed by atoms with Crippen LogP contribution in [0.4, 0.5) is 10.1 Å². The van der Waals surface area contributed by atoms with Crippen molar-refractivity contribution in [1.82, 2.24) is 0 Å². The van der Waals surface area contributed by atoms with Crippen molar-refractivity contribution < 1.29 is 13.9 Å². The summed E-state index contributed by atoms with van der Waals surface area (Å²) >= 11 is 0. The van der Waals surface area contributed by atoms with Crippen molar-refractivity contribution in [3.63, 3.8) is 0 Å². The van der Waals surface area contributed by atoms with Crippen LogP contribution in [0.1, 0.15) is 20.3 Å². The maximum Gasteiger partial charge on any atom is 0.226 e. The molecule has 1 atom stereocenters. The van der Waals surface area contributed by atoms with Crippen molar-refractivity contribution in [3.8, 4) is 5.75 Å². The van der Waals surface area contributed by atoms with Crippen LogP contribution in [0, 0.1) is 5.82 Å². The number of nitrogens with one attached hydrogen (secondary N) is 1. The Labute approximate surface area is 112 Å². The third kappa shape index (κ3) is 5.33. The molecule has 6 heteroatoms. The van der Waals surface area contributed by atoms with Crippen molar-refractivity contribution in [2.24, 2.45) is 5.73 Å². The second kappa shape index (κ2) is 7.89. The maximum atomic E-state index is 13.0. The van der Waals surface area contributed by atoms with Gasteiger partial charge in [-0.05, 0) is 26.0 Å². The second-order valence-corrected chi connectivity index (χ2v) is 3.80. The van der Waals surface area contributed by atoms with E-state index in [2.05, 4.69) is 5.32 Å². The molecule has 0 spiro atoms. The average molecular weight is 277 g/mol. The van der Waals surface area contributed by atoms with E-state index in [1.54, 1.807) is 13.8 Å². The van der Waals surface area contributed by atoms with Crippen molar-refractivity contribution in [1.29, 1.82) is 0 Å². The number of rotatable bonds is 5. The molecule has 0 saturated carbocycles. The van der Waals surface area contributed by atoms with Crippen LogP contribution in [-0.2, 0) is 4.79 Å². The van der Waals surface area contributed by atoms with E-state index in [0.29, 0.717) is 18.0 Å². The van der Waals surface area contributed by atoms with Gasteiger partial charge in [0.15, 0.2) is 0 Å². The number of anilines is 1. The Hall–Kier alpha value is -1.33. The van der Waals surface area contributed by atoms with Crippen molar-refractivity contribution in [3.05, 3.63) is 24.0 Å². The van der Waals surface area contributed by atoms with E-state index in [9.17, 15) is 9.18 Å². The van der Waals surface area contributed by atoms with Crippen molar-refractivity contribution in [2.75, 3.05) is 11.9 Å². The normalized spacial score (nSPS) is 11.3. The molecule has 3 N–H and O–H groups in total. The molecule has 1 aromatic rings. The van der Waals surface area contributed by atoms with Crippen LogP contribution in [0.25, 0.3) is 0 Å². The first-order chi connectivity index (χ1) is 8.02. The number of hydrogen-bond acceptors (Lipinski definition) is 3. The van der Waals surface area contributed by atoms with Crippen LogP contribution in [0.5, 0.6) is 5.75 Å². The predicted molar refractivity (Wildman–Crippen MR) is 71.7 cm³/mol. The monoisotopic (exact) mass is 276 g/mol. The highest BCUT2D eigenvalue weighted by Gasteiger charge is 2.10. The molecule has 0 fully saturated rings. The fourth-order valence-electron chi connectivity index (χ4n) is 1.37. The zero-order valence-corrected chi connectivity index (χ0v) is 11.2. The number of benzene rings is 1. The lowest BCUT2D eigenvalue weighted by atomic mass is 10.2. The summed E-state index contributed by atoms with van der Waals surface area (Å²) in [4.78, 5) is 11.5. The molecule has 0 aliphatic rings. The highest BCUT2D eigenvalue weighted by Crippen LogP contribution is 2.25. The van der Waals surface area contributed by atoms with E-state index < -0.39 is 5.82 Å². The van der Waals surface area contributed by atoms with E-state index in [1.807, 2.05) is 0 Å². The SMILES string of the molecule is CCOc1cc(F)ccc1NC(=O)CC(C)N.Cl. The number of nitrogens with two attached hydrogens (primary N) is 1. The van der Waals surface area contributed by atoms with Crippen LogP contribution < -0.4 is 15.8 Å². The Kier molecular flexibility index (Phi) is 7.31. The van der Waals surface area contributed by atoms with Gasteiger partial charge < -0.3 is 15.8 Å². The fourth-order valence-corrected chi connectivity index (χ4v) is 1.37. The quantitative estimate of drug-likeness (QED) is 0.867. The molecule has 0 radical (unpaired) electrons. The molecule has 1 rings (SSSR count). The van der Waals surface area contributed by atoms with Crippen LogP contribution in [0.2, 0.25) is 0 Å². The van der Waals surface area contributed by atoms with Gasteiger partial charge in [0.05, 0.1) is 12.3 Å². The predicted octanol–water partition coefficient (Wildman–Crippen LogP) is 2.32. The van der Waals surface area contributed by atoms with Gasteiger partial charge in [-0.3, -0.25) is 4.79 Å². The van der Waals surface area contributed by atoms with Crippen LogP contribution >= 0.6 is 12.4 Å². The van der Waals surface area contributed by atoms with Crippen LogP contribution in [-0.4, -0.2) is 18.6 Å². The molecule has 18 heavy (non-hydrogen) atoms. The van der Waals surface area contributed by atoms with Crippen LogP contribution in [0.3, 0.4) is 0 Å². The van der Waals surface area contributed by atoms with Gasteiger partial charge in [0.1, 0.15) is 11.6 Å². The molecular weight excluding hydrogens is 259 g/mol. The minimum atomic E-state index is -0.404. The van der Waals surface area contributed by atoms with Gasteiger partial charge in [-0.25, -0.2) is 4.39 Å². The first-order valence-electron chi connectivity index (χ1n) is 5.50. The summed E-state index contributed by atoms with van der Waals surface area (Å²) in [6, 6.07) is 3.76. The summed E-state index contributed by atoms with van der Waals surface area (Å²) in [5.41, 5.74) is 5.97. The molecule has 0 aromatic heterocycles. The van der Waals surface area contributed by atoms with E-state index in [-0.39, 0.29) is 30.8 Å². The Morgan fingerprint density at radius 3 is 2.78 bits per heavy atom. The lowest BCUT2D eigenvalue weighted by Crippen LogP contribution is -2.24. The Morgan fingerprint density at radius 2 is 2.22 bits per heavy atom. The van der Waals surface area contributed by atoms with Crippen molar-refractivity contribution >= 4 is 24.0 Å². The van der Waals surface area contributed by atoms with Gasteiger partial charge in [0, 0.05) is 18.5 Å². The van der Waals surface area contributed by atoms with Gasteiger partial charge in [0.2, 0.25) is 5.91 Å². The van der Waals surface area contributed by atoms with E-state index >= 15 is 0 Å². The summed E-state index contributed by atoms with van der Waals surface area (Å²) in [6.45, 7) is 3.94. The van der Waals surface area contributed by atoms with Gasteiger partial charge in [-0.15, -0.1) is 12.4 Å². The fraction of sp³-hybridized carbons (Fsp3) is 0.417. The molecule has 0 aliphatic carbocycles. The van der Waals surface area contributed by atoms with Crippen molar-refractivity contribution in [2.45, 2.75) is 26.3 Å². The molecule has 1 unspecified atom stereocenters. The highest BCUT2D eigenvalue weighted by molar-refractivity contribution is 5.92. The Morgan fingerprint density at radius 1 is 1.56 bits per heavy atom. The zero-order chi connectivity index (χ0) is 12.8. The summed E-state index contributed by atoms with van der Waals surface area (Å²) in [6.07, 6.45) is 0.211. The van der Waals surface area contributed by atoms with Gasteiger partial charge in [-0.2, -0.15) is 0 Å². The summed E-state index contributed by atoms with van der Waals surface area (Å²) < 4.78 is 18.2. The molecule has 4 nitrogen and oxygen atoms in total. The number of carbonyl (C=O) groups excluding carboxylic acids is 1. The van der Waals surface area contributed by atoms with E-state index in [0.717, 1.165) is 0 Å². The molecule has 1 amide bonds. The van der Waals surface area contributed by atoms with E-state index in [1.165, 1.54) is 18.2 Å². The topological polar surface area (TPSA) is 64.3 Å². The minimum absolute atomic E-state index is 0. The van der Waals surface area contributed by atoms with E-state index in [4.69, 9.17) is 10.5 Å². The van der Waals surface area contributed by atoms with Gasteiger partial charge in [-0.1, -0.05) is 0 Å². The molecule has 1 aromatic carbocycles. The summed E-state index contributed by atoms with van der Waals surface area (Å²) in [5.74, 6) is -0.295. The highest BCUT2D eigenvalue weighted by atomic mass is 35.5. The summed E-state index contributed by atoms with van der Waals surface area (Å²) in [7, 11) is 0. The molecule has 0 saturated heterocycles. The summed E-state index contributed by atoms with van der Waals surface area (Å²) in [5, 5.41) is 2.64. The molecule has 0 bridgehead atoms. The Bertz CT molecular complexity index is 400. The first-order valence-corrected chi connectivity index (χ1v) is 5.50.